The Balaban J connectivity index is 1.70. The molecular formula is C19H19Cl2NO3. The van der Waals surface area contributed by atoms with E-state index in [0.29, 0.717) is 23.0 Å². The van der Waals surface area contributed by atoms with Crippen molar-refractivity contribution in [3.63, 3.8) is 0 Å². The molecule has 0 unspecified atom stereocenters. The number of esters is 1. The topological polar surface area (TPSA) is 55.4 Å². The van der Waals surface area contributed by atoms with Crippen LogP contribution in [-0.4, -0.2) is 25.0 Å². The maximum absolute atomic E-state index is 11.8. The van der Waals surface area contributed by atoms with Crippen LogP contribution in [0, 0.1) is 6.92 Å². The molecule has 2 rings (SSSR count). The van der Waals surface area contributed by atoms with Crippen LogP contribution in [0.2, 0.25) is 10.0 Å². The van der Waals surface area contributed by atoms with Crippen LogP contribution in [0.1, 0.15) is 16.7 Å². The summed E-state index contributed by atoms with van der Waals surface area (Å²) in [7, 11) is 0. The van der Waals surface area contributed by atoms with Crippen LogP contribution in [0.3, 0.4) is 0 Å². The van der Waals surface area contributed by atoms with Gasteiger partial charge in [-0.15, -0.1) is 0 Å². The van der Waals surface area contributed by atoms with Crippen LogP contribution in [0.5, 0.6) is 0 Å². The Morgan fingerprint density at radius 1 is 1.08 bits per heavy atom. The summed E-state index contributed by atoms with van der Waals surface area (Å²) in [5, 5.41) is 3.83. The Morgan fingerprint density at radius 2 is 1.84 bits per heavy atom. The van der Waals surface area contributed by atoms with Gasteiger partial charge in [-0.3, -0.25) is 9.59 Å². The van der Waals surface area contributed by atoms with Gasteiger partial charge in [0.2, 0.25) is 0 Å². The highest BCUT2D eigenvalue weighted by Crippen LogP contribution is 2.21. The molecule has 0 saturated heterocycles. The Labute approximate surface area is 157 Å². The first-order chi connectivity index (χ1) is 12.0. The van der Waals surface area contributed by atoms with Gasteiger partial charge < -0.3 is 10.1 Å². The van der Waals surface area contributed by atoms with E-state index in [9.17, 15) is 9.59 Å². The molecule has 0 aliphatic carbocycles. The predicted molar refractivity (Wildman–Crippen MR) is 99.0 cm³/mol. The average Bonchev–Trinajstić information content (AvgIpc) is 2.57. The molecule has 0 radical (unpaired) electrons. The number of carbonyl (C=O) groups is 2. The second kappa shape index (κ2) is 9.44. The van der Waals surface area contributed by atoms with Crippen molar-refractivity contribution in [2.75, 3.05) is 13.2 Å². The summed E-state index contributed by atoms with van der Waals surface area (Å²) in [6.07, 6.45) is 0.721. The second-order valence-electron chi connectivity index (χ2n) is 5.60. The highest BCUT2D eigenvalue weighted by molar-refractivity contribution is 6.35. The zero-order valence-corrected chi connectivity index (χ0v) is 15.4. The van der Waals surface area contributed by atoms with Crippen molar-refractivity contribution in [3.05, 3.63) is 69.2 Å². The van der Waals surface area contributed by atoms with Gasteiger partial charge in [0, 0.05) is 16.6 Å². The summed E-state index contributed by atoms with van der Waals surface area (Å²) in [6, 6.07) is 12.8. The van der Waals surface area contributed by atoms with Crippen LogP contribution in [-0.2, 0) is 27.2 Å². The number of aryl methyl sites for hydroxylation is 1. The normalized spacial score (nSPS) is 10.4. The summed E-state index contributed by atoms with van der Waals surface area (Å²) in [6.45, 7) is 2.03. The molecule has 0 aliphatic rings. The molecule has 4 nitrogen and oxygen atoms in total. The maximum Gasteiger partial charge on any atom is 0.310 e. The molecule has 0 fully saturated rings. The lowest BCUT2D eigenvalue weighted by Gasteiger charge is -2.09. The SMILES string of the molecule is Cc1ccccc1CC(=O)OCC(=O)NCCc1ccc(Cl)cc1Cl. The highest BCUT2D eigenvalue weighted by Gasteiger charge is 2.10. The first-order valence-corrected chi connectivity index (χ1v) is 8.62. The van der Waals surface area contributed by atoms with Crippen molar-refractivity contribution in [3.8, 4) is 0 Å². The number of hydrogen-bond acceptors (Lipinski definition) is 3. The van der Waals surface area contributed by atoms with Gasteiger partial charge in [-0.05, 0) is 42.2 Å². The lowest BCUT2D eigenvalue weighted by atomic mass is 10.1. The standard InChI is InChI=1S/C19H19Cl2NO3/c1-13-4-2-3-5-15(13)10-19(24)25-12-18(23)22-9-8-14-6-7-16(20)11-17(14)21/h2-7,11H,8-10,12H2,1H3,(H,22,23). The molecule has 2 aromatic rings. The highest BCUT2D eigenvalue weighted by atomic mass is 35.5. The molecule has 0 bridgehead atoms. The van der Waals surface area contributed by atoms with Gasteiger partial charge in [0.05, 0.1) is 6.42 Å². The third-order valence-corrected chi connectivity index (χ3v) is 4.28. The average molecular weight is 380 g/mol. The molecule has 25 heavy (non-hydrogen) atoms. The number of amides is 1. The zero-order chi connectivity index (χ0) is 18.2. The number of carbonyl (C=O) groups excluding carboxylic acids is 2. The molecule has 6 heteroatoms. The molecule has 132 valence electrons. The van der Waals surface area contributed by atoms with E-state index >= 15 is 0 Å². The lowest BCUT2D eigenvalue weighted by molar-refractivity contribution is -0.147. The quantitative estimate of drug-likeness (QED) is 0.745. The monoisotopic (exact) mass is 379 g/mol. The van der Waals surface area contributed by atoms with Gasteiger partial charge >= 0.3 is 5.97 Å². The molecule has 0 atom stereocenters. The van der Waals surface area contributed by atoms with E-state index in [-0.39, 0.29) is 18.9 Å². The zero-order valence-electron chi connectivity index (χ0n) is 13.9. The molecule has 1 N–H and O–H groups in total. The number of nitrogens with one attached hydrogen (secondary N) is 1. The summed E-state index contributed by atoms with van der Waals surface area (Å²) in [4.78, 5) is 23.6. The van der Waals surface area contributed by atoms with Crippen molar-refractivity contribution in [1.82, 2.24) is 5.32 Å². The third kappa shape index (κ3) is 6.40. The Kier molecular flexibility index (Phi) is 7.29. The van der Waals surface area contributed by atoms with Gasteiger partial charge in [-0.25, -0.2) is 0 Å². The smallest absolute Gasteiger partial charge is 0.310 e. The van der Waals surface area contributed by atoms with Gasteiger partial charge in [-0.1, -0.05) is 53.5 Å². The van der Waals surface area contributed by atoms with Gasteiger partial charge in [0.1, 0.15) is 0 Å². The summed E-state index contributed by atoms with van der Waals surface area (Å²) in [5.41, 5.74) is 2.80. The Bertz CT molecular complexity index is 762. The summed E-state index contributed by atoms with van der Waals surface area (Å²) < 4.78 is 5.01. The molecule has 0 aliphatic heterocycles. The lowest BCUT2D eigenvalue weighted by Crippen LogP contribution is -2.30. The van der Waals surface area contributed by atoms with Crippen molar-refractivity contribution in [2.45, 2.75) is 19.8 Å². The molecular weight excluding hydrogens is 361 g/mol. The van der Waals surface area contributed by atoms with Gasteiger partial charge in [0.25, 0.3) is 5.91 Å². The van der Waals surface area contributed by atoms with Crippen molar-refractivity contribution in [2.24, 2.45) is 0 Å². The van der Waals surface area contributed by atoms with Crippen LogP contribution >= 0.6 is 23.2 Å². The molecule has 0 heterocycles. The molecule has 2 aromatic carbocycles. The molecule has 0 spiro atoms. The van der Waals surface area contributed by atoms with E-state index in [1.807, 2.05) is 37.3 Å². The fourth-order valence-corrected chi connectivity index (χ4v) is 2.78. The number of hydrogen-bond donors (Lipinski definition) is 1. The van der Waals surface area contributed by atoms with E-state index in [4.69, 9.17) is 27.9 Å². The second-order valence-corrected chi connectivity index (χ2v) is 6.44. The van der Waals surface area contributed by atoms with E-state index in [1.54, 1.807) is 12.1 Å². The molecule has 0 saturated carbocycles. The molecule has 1 amide bonds. The molecule has 0 aromatic heterocycles. The first kappa shape index (κ1) is 19.3. The van der Waals surface area contributed by atoms with E-state index in [2.05, 4.69) is 5.32 Å². The van der Waals surface area contributed by atoms with Crippen molar-refractivity contribution in [1.29, 1.82) is 0 Å². The number of benzene rings is 2. The minimum atomic E-state index is -0.426. The van der Waals surface area contributed by atoms with Gasteiger partial charge in [0.15, 0.2) is 6.61 Å². The minimum Gasteiger partial charge on any atom is -0.455 e. The third-order valence-electron chi connectivity index (χ3n) is 3.69. The fraction of sp³-hybridized carbons (Fsp3) is 0.263. The number of rotatable bonds is 7. The summed E-state index contributed by atoms with van der Waals surface area (Å²) in [5.74, 6) is -0.770. The Morgan fingerprint density at radius 3 is 2.56 bits per heavy atom. The first-order valence-electron chi connectivity index (χ1n) is 7.86. The largest absolute Gasteiger partial charge is 0.455 e. The van der Waals surface area contributed by atoms with Crippen LogP contribution in [0.15, 0.2) is 42.5 Å². The van der Waals surface area contributed by atoms with Crippen molar-refractivity contribution < 1.29 is 14.3 Å². The Hall–Kier alpha value is -2.04. The van der Waals surface area contributed by atoms with Gasteiger partial charge in [-0.2, -0.15) is 0 Å². The van der Waals surface area contributed by atoms with Crippen LogP contribution in [0.25, 0.3) is 0 Å². The van der Waals surface area contributed by atoms with E-state index < -0.39 is 5.97 Å². The van der Waals surface area contributed by atoms with Crippen LogP contribution in [0.4, 0.5) is 0 Å². The minimum absolute atomic E-state index is 0.153. The van der Waals surface area contributed by atoms with E-state index in [0.717, 1.165) is 16.7 Å². The van der Waals surface area contributed by atoms with E-state index in [1.165, 1.54) is 0 Å². The van der Waals surface area contributed by atoms with Crippen molar-refractivity contribution >= 4 is 35.1 Å². The number of halogens is 2. The maximum atomic E-state index is 11.8. The fourth-order valence-electron chi connectivity index (χ4n) is 2.27. The summed E-state index contributed by atoms with van der Waals surface area (Å²) >= 11 is 11.9. The predicted octanol–water partition coefficient (Wildman–Crippen LogP) is 3.75. The van der Waals surface area contributed by atoms with Crippen LogP contribution < -0.4 is 5.32 Å². The number of ether oxygens (including phenoxy) is 1.